The first kappa shape index (κ1) is 17.3. The highest BCUT2D eigenvalue weighted by atomic mass is 16.5. The number of rotatable bonds is 9. The van der Waals surface area contributed by atoms with E-state index in [1.165, 1.54) is 0 Å². The number of ether oxygens (including phenoxy) is 2. The third-order valence-corrected chi connectivity index (χ3v) is 3.29. The molecule has 0 amide bonds. The Morgan fingerprint density at radius 1 is 1.00 bits per heavy atom. The molecule has 2 aromatic rings. The van der Waals surface area contributed by atoms with Gasteiger partial charge in [0.2, 0.25) is 0 Å². The van der Waals surface area contributed by atoms with Gasteiger partial charge in [-0.25, -0.2) is 0 Å². The molecule has 0 unspecified atom stereocenters. The minimum absolute atomic E-state index is 0.343. The molecule has 0 saturated carbocycles. The molecule has 2 rings (SSSR count). The maximum absolute atomic E-state index is 11.1. The van der Waals surface area contributed by atoms with Gasteiger partial charge in [0.25, 0.3) is 0 Å². The van der Waals surface area contributed by atoms with Gasteiger partial charge in [0.15, 0.2) is 0 Å². The van der Waals surface area contributed by atoms with Crippen molar-refractivity contribution in [1.29, 1.82) is 0 Å². The number of carbonyl (C=O) groups excluding carboxylic acids is 1. The van der Waals surface area contributed by atoms with E-state index < -0.39 is 0 Å². The summed E-state index contributed by atoms with van der Waals surface area (Å²) < 4.78 is 11.5. The molecule has 3 heteroatoms. The number of aldehydes is 1. The van der Waals surface area contributed by atoms with Crippen LogP contribution in [0.25, 0.3) is 0 Å². The summed E-state index contributed by atoms with van der Waals surface area (Å²) in [4.78, 5) is 11.1. The summed E-state index contributed by atoms with van der Waals surface area (Å²) in [5, 5.41) is 0. The molecular weight excluding hydrogens is 300 g/mol. The highest BCUT2D eigenvalue weighted by molar-refractivity contribution is 5.76. The molecule has 2 aromatic carbocycles. The largest absolute Gasteiger partial charge is 0.489 e. The Labute approximate surface area is 142 Å². The maximum atomic E-state index is 11.1. The van der Waals surface area contributed by atoms with Gasteiger partial charge >= 0.3 is 0 Å². The molecule has 0 saturated heterocycles. The van der Waals surface area contributed by atoms with Gasteiger partial charge in [0.1, 0.15) is 31.0 Å². The molecule has 0 radical (unpaired) electrons. The summed E-state index contributed by atoms with van der Waals surface area (Å²) in [6, 6.07) is 15.0. The van der Waals surface area contributed by atoms with E-state index in [9.17, 15) is 4.79 Å². The normalized spacial score (nSPS) is 10.8. The van der Waals surface area contributed by atoms with Crippen LogP contribution < -0.4 is 9.47 Å². The van der Waals surface area contributed by atoms with Crippen molar-refractivity contribution < 1.29 is 14.3 Å². The number of hydrogen-bond donors (Lipinski definition) is 0. The van der Waals surface area contributed by atoms with Crippen molar-refractivity contribution in [3.05, 3.63) is 96.6 Å². The third-order valence-electron chi connectivity index (χ3n) is 3.29. The first-order chi connectivity index (χ1) is 11.7. The smallest absolute Gasteiger partial charge is 0.150 e. The second-order valence-corrected chi connectivity index (χ2v) is 5.10. The van der Waals surface area contributed by atoms with Crippen molar-refractivity contribution in [2.45, 2.75) is 6.61 Å². The molecule has 0 aliphatic heterocycles. The minimum atomic E-state index is 0.343. The zero-order valence-corrected chi connectivity index (χ0v) is 13.5. The predicted octanol–water partition coefficient (Wildman–Crippen LogP) is 4.76. The fourth-order valence-electron chi connectivity index (χ4n) is 2.06. The standard InChI is InChI=1S/C21H20O3/c1-3-8-17(4-2)15-23-20-11-19(14-22)12-21(13-20)24-16-18-9-6-5-7-10-18/h3-14H,1-2,15-16H2/b17-8+. The van der Waals surface area contributed by atoms with E-state index in [1.54, 1.807) is 30.4 Å². The van der Waals surface area contributed by atoms with E-state index in [2.05, 4.69) is 13.2 Å². The quantitative estimate of drug-likeness (QED) is 0.494. The van der Waals surface area contributed by atoms with E-state index in [1.807, 2.05) is 36.4 Å². The van der Waals surface area contributed by atoms with Crippen LogP contribution in [-0.2, 0) is 6.61 Å². The highest BCUT2D eigenvalue weighted by Crippen LogP contribution is 2.23. The zero-order valence-electron chi connectivity index (χ0n) is 13.5. The SMILES string of the molecule is C=C/C=C(\C=C)COc1cc(C=O)cc(OCc2ccccc2)c1. The Morgan fingerprint density at radius 3 is 2.33 bits per heavy atom. The molecule has 3 nitrogen and oxygen atoms in total. The van der Waals surface area contributed by atoms with Gasteiger partial charge in [0.05, 0.1) is 0 Å². The molecule has 0 aliphatic carbocycles. The summed E-state index contributed by atoms with van der Waals surface area (Å²) in [6.07, 6.45) is 5.98. The summed E-state index contributed by atoms with van der Waals surface area (Å²) in [5.41, 5.74) is 2.45. The summed E-state index contributed by atoms with van der Waals surface area (Å²) >= 11 is 0. The number of carbonyl (C=O) groups is 1. The van der Waals surface area contributed by atoms with Gasteiger partial charge in [-0.15, -0.1) is 0 Å². The van der Waals surface area contributed by atoms with Crippen LogP contribution in [0.4, 0.5) is 0 Å². The van der Waals surface area contributed by atoms with Gasteiger partial charge in [-0.05, 0) is 23.3 Å². The van der Waals surface area contributed by atoms with Crippen LogP contribution in [0.3, 0.4) is 0 Å². The third kappa shape index (κ3) is 5.29. The van der Waals surface area contributed by atoms with Crippen LogP contribution in [0.15, 0.2) is 85.5 Å². The van der Waals surface area contributed by atoms with Crippen molar-refractivity contribution in [3.63, 3.8) is 0 Å². The minimum Gasteiger partial charge on any atom is -0.489 e. The molecule has 0 aromatic heterocycles. The average molecular weight is 320 g/mol. The van der Waals surface area contributed by atoms with Crippen molar-refractivity contribution in [2.24, 2.45) is 0 Å². The van der Waals surface area contributed by atoms with E-state index in [0.717, 1.165) is 17.4 Å². The molecular formula is C21H20O3. The van der Waals surface area contributed by atoms with Crippen LogP contribution in [0.2, 0.25) is 0 Å². The zero-order chi connectivity index (χ0) is 17.2. The molecule has 0 N–H and O–H groups in total. The lowest BCUT2D eigenvalue weighted by atomic mass is 10.2. The molecule has 24 heavy (non-hydrogen) atoms. The lowest BCUT2D eigenvalue weighted by Gasteiger charge is -2.11. The first-order valence-corrected chi connectivity index (χ1v) is 7.59. The summed E-state index contributed by atoms with van der Waals surface area (Å²) in [6.45, 7) is 8.15. The average Bonchev–Trinajstić information content (AvgIpc) is 2.64. The van der Waals surface area contributed by atoms with Crippen LogP contribution >= 0.6 is 0 Å². The van der Waals surface area contributed by atoms with Crippen molar-refractivity contribution >= 4 is 6.29 Å². The second-order valence-electron chi connectivity index (χ2n) is 5.10. The van der Waals surface area contributed by atoms with E-state index in [-0.39, 0.29) is 0 Å². The Balaban J connectivity index is 2.09. The summed E-state index contributed by atoms with van der Waals surface area (Å²) in [7, 11) is 0. The van der Waals surface area contributed by atoms with Gasteiger partial charge in [-0.3, -0.25) is 4.79 Å². The van der Waals surface area contributed by atoms with E-state index in [0.29, 0.717) is 30.3 Å². The van der Waals surface area contributed by atoms with E-state index in [4.69, 9.17) is 9.47 Å². The predicted molar refractivity (Wildman–Crippen MR) is 96.6 cm³/mol. The van der Waals surface area contributed by atoms with Gasteiger partial charge in [0, 0.05) is 11.6 Å². The monoisotopic (exact) mass is 320 g/mol. The summed E-state index contributed by atoms with van der Waals surface area (Å²) in [5.74, 6) is 1.16. The maximum Gasteiger partial charge on any atom is 0.150 e. The highest BCUT2D eigenvalue weighted by Gasteiger charge is 2.04. The topological polar surface area (TPSA) is 35.5 Å². The Morgan fingerprint density at radius 2 is 1.71 bits per heavy atom. The number of hydrogen-bond acceptors (Lipinski definition) is 3. The van der Waals surface area contributed by atoms with Crippen LogP contribution in [0, 0.1) is 0 Å². The molecule has 0 spiro atoms. The van der Waals surface area contributed by atoms with Crippen LogP contribution in [0.1, 0.15) is 15.9 Å². The van der Waals surface area contributed by atoms with E-state index >= 15 is 0 Å². The van der Waals surface area contributed by atoms with Crippen molar-refractivity contribution in [3.8, 4) is 11.5 Å². The van der Waals surface area contributed by atoms with Gasteiger partial charge in [-0.1, -0.05) is 61.7 Å². The Hall–Kier alpha value is -3.07. The first-order valence-electron chi connectivity index (χ1n) is 7.59. The lowest BCUT2D eigenvalue weighted by molar-refractivity contribution is 0.112. The number of benzene rings is 2. The Kier molecular flexibility index (Phi) is 6.59. The molecule has 122 valence electrons. The number of allylic oxidation sites excluding steroid dienone is 2. The molecule has 0 bridgehead atoms. The van der Waals surface area contributed by atoms with Crippen molar-refractivity contribution in [1.82, 2.24) is 0 Å². The van der Waals surface area contributed by atoms with Crippen LogP contribution in [0.5, 0.6) is 11.5 Å². The van der Waals surface area contributed by atoms with Gasteiger partial charge < -0.3 is 9.47 Å². The molecule has 0 fully saturated rings. The lowest BCUT2D eigenvalue weighted by Crippen LogP contribution is -2.01. The second kappa shape index (κ2) is 9.16. The fourth-order valence-corrected chi connectivity index (χ4v) is 2.06. The molecule has 0 aliphatic rings. The van der Waals surface area contributed by atoms with Gasteiger partial charge in [-0.2, -0.15) is 0 Å². The molecule has 0 heterocycles. The fraction of sp³-hybridized carbons (Fsp3) is 0.0952. The van der Waals surface area contributed by atoms with Crippen LogP contribution in [-0.4, -0.2) is 12.9 Å². The van der Waals surface area contributed by atoms with Crippen molar-refractivity contribution in [2.75, 3.05) is 6.61 Å². The Bertz CT molecular complexity index is 730. The molecule has 0 atom stereocenters.